The molecule has 2 heterocycles. The molecule has 2 aliphatic rings. The van der Waals surface area contributed by atoms with Gasteiger partial charge < -0.3 is 0 Å². The van der Waals surface area contributed by atoms with E-state index < -0.39 is 0 Å². The quantitative estimate of drug-likeness (QED) is 0.487. The molecule has 1 fully saturated rings. The van der Waals surface area contributed by atoms with Gasteiger partial charge in [0.25, 0.3) is 5.91 Å². The number of carbonyl (C=O) groups is 2. The second kappa shape index (κ2) is 2.69. The number of rotatable bonds is 0. The zero-order chi connectivity index (χ0) is 8.55. The predicted octanol–water partition coefficient (Wildman–Crippen LogP) is 0.328. The van der Waals surface area contributed by atoms with Crippen LogP contribution < -0.4 is 0 Å². The number of amidine groups is 1. The van der Waals surface area contributed by atoms with Gasteiger partial charge in [-0.15, -0.1) is 0 Å². The van der Waals surface area contributed by atoms with Gasteiger partial charge in [0.2, 0.25) is 5.91 Å². The van der Waals surface area contributed by atoms with Gasteiger partial charge >= 0.3 is 0 Å². The Morgan fingerprint density at radius 3 is 2.92 bits per heavy atom. The van der Waals surface area contributed by atoms with Crippen LogP contribution in [0.2, 0.25) is 0 Å². The molecule has 0 atom stereocenters. The molecule has 2 aliphatic heterocycles. The van der Waals surface area contributed by atoms with Crippen LogP contribution >= 0.6 is 0 Å². The van der Waals surface area contributed by atoms with E-state index in [-0.39, 0.29) is 18.2 Å². The summed E-state index contributed by atoms with van der Waals surface area (Å²) in [6, 6.07) is 0. The molecule has 12 heavy (non-hydrogen) atoms. The third-order valence-corrected chi connectivity index (χ3v) is 2.20. The first kappa shape index (κ1) is 7.46. The summed E-state index contributed by atoms with van der Waals surface area (Å²) in [7, 11) is 0. The highest BCUT2D eigenvalue weighted by Crippen LogP contribution is 2.17. The molecule has 2 rings (SSSR count). The maximum atomic E-state index is 11.3. The highest BCUT2D eigenvalue weighted by atomic mass is 16.2. The second-order valence-electron chi connectivity index (χ2n) is 3.10. The lowest BCUT2D eigenvalue weighted by atomic mass is 10.1. The number of hydrogen-bond donors (Lipinski definition) is 0. The Morgan fingerprint density at radius 2 is 2.08 bits per heavy atom. The van der Waals surface area contributed by atoms with Crippen LogP contribution in [-0.2, 0) is 9.59 Å². The molecule has 1 saturated heterocycles. The zero-order valence-corrected chi connectivity index (χ0v) is 6.75. The van der Waals surface area contributed by atoms with Crippen molar-refractivity contribution in [2.24, 2.45) is 4.99 Å². The van der Waals surface area contributed by atoms with Crippen molar-refractivity contribution in [3.63, 3.8) is 0 Å². The smallest absolute Gasteiger partial charge is 0.256 e. The van der Waals surface area contributed by atoms with Crippen LogP contribution in [0.25, 0.3) is 0 Å². The summed E-state index contributed by atoms with van der Waals surface area (Å²) >= 11 is 0. The molecule has 0 aromatic carbocycles. The summed E-state index contributed by atoms with van der Waals surface area (Å²) < 4.78 is 0. The largest absolute Gasteiger partial charge is 0.300 e. The minimum Gasteiger partial charge on any atom is -0.300 e. The maximum Gasteiger partial charge on any atom is 0.256 e. The van der Waals surface area contributed by atoms with Crippen molar-refractivity contribution in [3.8, 4) is 0 Å². The van der Waals surface area contributed by atoms with Crippen molar-refractivity contribution in [1.29, 1.82) is 0 Å². The summed E-state index contributed by atoms with van der Waals surface area (Å²) in [6.07, 6.45) is 2.80. The summed E-state index contributed by atoms with van der Waals surface area (Å²) in [6.45, 7) is 0.741. The van der Waals surface area contributed by atoms with Gasteiger partial charge in [0.05, 0.1) is 0 Å². The van der Waals surface area contributed by atoms with Crippen molar-refractivity contribution in [1.82, 2.24) is 4.90 Å². The van der Waals surface area contributed by atoms with E-state index in [0.717, 1.165) is 25.8 Å². The normalized spacial score (nSPS) is 23.7. The summed E-state index contributed by atoms with van der Waals surface area (Å²) in [5.41, 5.74) is 0. The van der Waals surface area contributed by atoms with Crippen LogP contribution in [0.1, 0.15) is 25.7 Å². The van der Waals surface area contributed by atoms with Crippen LogP contribution in [-0.4, -0.2) is 29.1 Å². The molecule has 0 N–H and O–H groups in total. The van der Waals surface area contributed by atoms with E-state index in [0.29, 0.717) is 5.84 Å². The fraction of sp³-hybridized carbons (Fsp3) is 0.625. The number of fused-ring (bicyclic) bond motifs is 1. The first-order valence-electron chi connectivity index (χ1n) is 4.18. The number of piperidine rings is 1. The SMILES string of the molecule is O=C1CC(=O)N2CCCCC2=N1. The molecule has 0 saturated carbocycles. The molecule has 0 radical (unpaired) electrons. The van der Waals surface area contributed by atoms with Crippen LogP contribution in [0.3, 0.4) is 0 Å². The lowest BCUT2D eigenvalue weighted by molar-refractivity contribution is -0.133. The first-order chi connectivity index (χ1) is 5.77. The van der Waals surface area contributed by atoms with Crippen molar-refractivity contribution in [2.45, 2.75) is 25.7 Å². The Balaban J connectivity index is 2.28. The van der Waals surface area contributed by atoms with Gasteiger partial charge in [0, 0.05) is 13.0 Å². The third-order valence-electron chi connectivity index (χ3n) is 2.20. The molecule has 4 nitrogen and oxygen atoms in total. The average Bonchev–Trinajstić information content (AvgIpc) is 2.04. The van der Waals surface area contributed by atoms with E-state index in [1.807, 2.05) is 0 Å². The van der Waals surface area contributed by atoms with Crippen LogP contribution in [0.15, 0.2) is 4.99 Å². The molecule has 0 aromatic heterocycles. The van der Waals surface area contributed by atoms with Gasteiger partial charge in [-0.3, -0.25) is 14.5 Å². The third kappa shape index (κ3) is 1.13. The van der Waals surface area contributed by atoms with Gasteiger partial charge in [-0.1, -0.05) is 0 Å². The van der Waals surface area contributed by atoms with Gasteiger partial charge in [0.1, 0.15) is 12.3 Å². The molecule has 2 amide bonds. The van der Waals surface area contributed by atoms with Gasteiger partial charge in [-0.25, -0.2) is 0 Å². The van der Waals surface area contributed by atoms with E-state index in [4.69, 9.17) is 0 Å². The molecular formula is C8H10N2O2. The molecule has 0 unspecified atom stereocenters. The number of nitrogens with zero attached hydrogens (tertiary/aromatic N) is 2. The fourth-order valence-electron chi connectivity index (χ4n) is 1.61. The Labute approximate surface area is 70.3 Å². The molecule has 0 aliphatic carbocycles. The molecule has 0 aromatic rings. The monoisotopic (exact) mass is 166 g/mol. The molecule has 0 spiro atoms. The van der Waals surface area contributed by atoms with Crippen LogP contribution in [0.5, 0.6) is 0 Å². The van der Waals surface area contributed by atoms with Crippen molar-refractivity contribution < 1.29 is 9.59 Å². The Bertz CT molecular complexity index is 270. The highest BCUT2D eigenvalue weighted by molar-refractivity contribution is 6.14. The van der Waals surface area contributed by atoms with E-state index >= 15 is 0 Å². The number of hydrogen-bond acceptors (Lipinski definition) is 2. The van der Waals surface area contributed by atoms with Crippen LogP contribution in [0.4, 0.5) is 0 Å². The van der Waals surface area contributed by atoms with Gasteiger partial charge in [-0.2, -0.15) is 4.99 Å². The zero-order valence-electron chi connectivity index (χ0n) is 6.75. The summed E-state index contributed by atoms with van der Waals surface area (Å²) in [5, 5.41) is 0. The van der Waals surface area contributed by atoms with E-state index in [9.17, 15) is 9.59 Å². The van der Waals surface area contributed by atoms with Crippen LogP contribution in [0, 0.1) is 0 Å². The molecule has 4 heteroatoms. The van der Waals surface area contributed by atoms with Gasteiger partial charge in [0.15, 0.2) is 0 Å². The fourth-order valence-corrected chi connectivity index (χ4v) is 1.61. The van der Waals surface area contributed by atoms with E-state index in [1.54, 1.807) is 4.90 Å². The number of carbonyl (C=O) groups excluding carboxylic acids is 2. The Kier molecular flexibility index (Phi) is 1.67. The first-order valence-corrected chi connectivity index (χ1v) is 4.18. The number of amides is 2. The van der Waals surface area contributed by atoms with Crippen molar-refractivity contribution in [3.05, 3.63) is 0 Å². The lowest BCUT2D eigenvalue weighted by Gasteiger charge is -2.30. The lowest BCUT2D eigenvalue weighted by Crippen LogP contribution is -2.44. The van der Waals surface area contributed by atoms with Crippen molar-refractivity contribution in [2.75, 3.05) is 6.54 Å². The predicted molar refractivity (Wildman–Crippen MR) is 42.6 cm³/mol. The highest BCUT2D eigenvalue weighted by Gasteiger charge is 2.28. The molecule has 64 valence electrons. The summed E-state index contributed by atoms with van der Waals surface area (Å²) in [4.78, 5) is 27.6. The van der Waals surface area contributed by atoms with Crippen molar-refractivity contribution >= 4 is 17.6 Å². The Hall–Kier alpha value is -1.19. The van der Waals surface area contributed by atoms with Gasteiger partial charge in [-0.05, 0) is 12.8 Å². The van der Waals surface area contributed by atoms with E-state index in [2.05, 4.69) is 4.99 Å². The topological polar surface area (TPSA) is 49.7 Å². The standard InChI is InChI=1S/C8H10N2O2/c11-7-5-8(12)10-4-2-1-3-6(10)9-7/h1-5H2. The molecular weight excluding hydrogens is 156 g/mol. The maximum absolute atomic E-state index is 11.3. The summed E-state index contributed by atoms with van der Waals surface area (Å²) in [5.74, 6) is 0.320. The average molecular weight is 166 g/mol. The van der Waals surface area contributed by atoms with E-state index in [1.165, 1.54) is 0 Å². The minimum atomic E-state index is -0.284. The Morgan fingerprint density at radius 1 is 1.25 bits per heavy atom. The molecule has 0 bridgehead atoms. The number of aliphatic imine (C=N–C) groups is 1. The minimum absolute atomic E-state index is 0.0382. The second-order valence-corrected chi connectivity index (χ2v) is 3.10.